The number of nitrogens with zero attached hydrogens (tertiary/aromatic N) is 3. The molecular formula is C16H15N5O2. The summed E-state index contributed by atoms with van der Waals surface area (Å²) >= 11 is 0. The van der Waals surface area contributed by atoms with Gasteiger partial charge in [0.05, 0.1) is 18.4 Å². The predicted molar refractivity (Wildman–Crippen MR) is 84.0 cm³/mol. The van der Waals surface area contributed by atoms with E-state index in [1.54, 1.807) is 24.4 Å². The first-order valence-corrected chi connectivity index (χ1v) is 7.07. The van der Waals surface area contributed by atoms with Crippen molar-refractivity contribution in [2.24, 2.45) is 0 Å². The van der Waals surface area contributed by atoms with Gasteiger partial charge in [-0.2, -0.15) is 0 Å². The fourth-order valence-electron chi connectivity index (χ4n) is 2.19. The molecular weight excluding hydrogens is 294 g/mol. The van der Waals surface area contributed by atoms with Gasteiger partial charge in [0.25, 0.3) is 11.8 Å². The van der Waals surface area contributed by atoms with Crippen molar-refractivity contribution in [2.45, 2.75) is 6.54 Å². The van der Waals surface area contributed by atoms with Gasteiger partial charge >= 0.3 is 0 Å². The summed E-state index contributed by atoms with van der Waals surface area (Å²) in [5.41, 5.74) is 2.07. The SMILES string of the molecule is CNC(=O)c1cccc(C(=O)NCc2cnc3ccccn23)n1. The number of imidazole rings is 1. The van der Waals surface area contributed by atoms with Crippen molar-refractivity contribution in [3.05, 3.63) is 65.9 Å². The topological polar surface area (TPSA) is 88.4 Å². The first-order valence-electron chi connectivity index (χ1n) is 7.07. The lowest BCUT2D eigenvalue weighted by atomic mass is 10.2. The maximum absolute atomic E-state index is 12.2. The van der Waals surface area contributed by atoms with E-state index in [2.05, 4.69) is 20.6 Å². The number of aromatic nitrogens is 3. The molecule has 0 aliphatic carbocycles. The predicted octanol–water partition coefficient (Wildman–Crippen LogP) is 1.02. The Morgan fingerprint density at radius 1 is 1.09 bits per heavy atom. The van der Waals surface area contributed by atoms with Crippen LogP contribution in [0.15, 0.2) is 48.8 Å². The van der Waals surface area contributed by atoms with Crippen LogP contribution in [0.3, 0.4) is 0 Å². The zero-order chi connectivity index (χ0) is 16.2. The van der Waals surface area contributed by atoms with Gasteiger partial charge in [0.2, 0.25) is 0 Å². The van der Waals surface area contributed by atoms with Gasteiger partial charge in [-0.1, -0.05) is 12.1 Å². The molecule has 0 saturated heterocycles. The standard InChI is InChI=1S/C16H15N5O2/c1-17-15(22)12-5-4-6-13(20-12)16(23)19-10-11-9-18-14-7-2-3-8-21(11)14/h2-9H,10H2,1H3,(H,17,22)(H,19,23). The van der Waals surface area contributed by atoms with Gasteiger partial charge in [-0.15, -0.1) is 0 Å². The molecule has 3 aromatic rings. The highest BCUT2D eigenvalue weighted by molar-refractivity contribution is 5.96. The molecule has 0 aliphatic heterocycles. The number of rotatable bonds is 4. The van der Waals surface area contributed by atoms with Gasteiger partial charge in [-0.05, 0) is 24.3 Å². The van der Waals surface area contributed by atoms with E-state index in [1.807, 2.05) is 28.8 Å². The van der Waals surface area contributed by atoms with Crippen LogP contribution in [-0.4, -0.2) is 33.2 Å². The summed E-state index contributed by atoms with van der Waals surface area (Å²) in [5, 5.41) is 5.26. The molecule has 0 spiro atoms. The Kier molecular flexibility index (Phi) is 4.01. The molecule has 2 N–H and O–H groups in total. The van der Waals surface area contributed by atoms with E-state index in [9.17, 15) is 9.59 Å². The minimum atomic E-state index is -0.346. The maximum atomic E-state index is 12.2. The number of amides is 2. The largest absolute Gasteiger partial charge is 0.354 e. The average Bonchev–Trinajstić information content (AvgIpc) is 3.02. The summed E-state index contributed by atoms with van der Waals surface area (Å²) in [6, 6.07) is 10.4. The van der Waals surface area contributed by atoms with Crippen LogP contribution in [0.2, 0.25) is 0 Å². The smallest absolute Gasteiger partial charge is 0.270 e. The number of hydrogen-bond acceptors (Lipinski definition) is 4. The van der Waals surface area contributed by atoms with Crippen molar-refractivity contribution in [3.63, 3.8) is 0 Å². The summed E-state index contributed by atoms with van der Waals surface area (Å²) < 4.78 is 1.90. The van der Waals surface area contributed by atoms with E-state index >= 15 is 0 Å². The van der Waals surface area contributed by atoms with Crippen molar-refractivity contribution >= 4 is 17.5 Å². The van der Waals surface area contributed by atoms with Crippen LogP contribution in [0, 0.1) is 0 Å². The number of carbonyl (C=O) groups excluding carboxylic acids is 2. The highest BCUT2D eigenvalue weighted by Gasteiger charge is 2.12. The minimum Gasteiger partial charge on any atom is -0.354 e. The molecule has 0 bridgehead atoms. The lowest BCUT2D eigenvalue weighted by Gasteiger charge is -2.06. The summed E-state index contributed by atoms with van der Waals surface area (Å²) in [4.78, 5) is 32.1. The van der Waals surface area contributed by atoms with Crippen molar-refractivity contribution in [1.29, 1.82) is 0 Å². The number of nitrogens with one attached hydrogen (secondary N) is 2. The summed E-state index contributed by atoms with van der Waals surface area (Å²) in [6.45, 7) is 0.315. The normalized spacial score (nSPS) is 10.5. The van der Waals surface area contributed by atoms with E-state index in [1.165, 1.54) is 7.05 Å². The molecule has 7 nitrogen and oxygen atoms in total. The fraction of sp³-hybridized carbons (Fsp3) is 0.125. The van der Waals surface area contributed by atoms with Crippen LogP contribution in [0.25, 0.3) is 5.65 Å². The minimum absolute atomic E-state index is 0.194. The molecule has 0 unspecified atom stereocenters. The second kappa shape index (κ2) is 6.27. The molecule has 3 aromatic heterocycles. The van der Waals surface area contributed by atoms with E-state index in [0.717, 1.165) is 11.3 Å². The van der Waals surface area contributed by atoms with Crippen LogP contribution in [0.5, 0.6) is 0 Å². The zero-order valence-electron chi connectivity index (χ0n) is 12.5. The van der Waals surface area contributed by atoms with Crippen LogP contribution in [0.1, 0.15) is 26.7 Å². The van der Waals surface area contributed by atoms with Gasteiger partial charge in [0, 0.05) is 13.2 Å². The van der Waals surface area contributed by atoms with Gasteiger partial charge in [-0.25, -0.2) is 9.97 Å². The molecule has 3 heterocycles. The van der Waals surface area contributed by atoms with E-state index in [0.29, 0.717) is 6.54 Å². The molecule has 0 aromatic carbocycles. The second-order valence-electron chi connectivity index (χ2n) is 4.85. The maximum Gasteiger partial charge on any atom is 0.270 e. The monoisotopic (exact) mass is 309 g/mol. The lowest BCUT2D eigenvalue weighted by molar-refractivity contribution is 0.0944. The van der Waals surface area contributed by atoms with E-state index in [-0.39, 0.29) is 23.2 Å². The Hall–Kier alpha value is -3.22. The first kappa shape index (κ1) is 14.7. The fourth-order valence-corrected chi connectivity index (χ4v) is 2.19. The van der Waals surface area contributed by atoms with Gasteiger partial charge in [0.1, 0.15) is 17.0 Å². The molecule has 2 amide bonds. The zero-order valence-corrected chi connectivity index (χ0v) is 12.5. The average molecular weight is 309 g/mol. The molecule has 23 heavy (non-hydrogen) atoms. The molecule has 0 fully saturated rings. The Morgan fingerprint density at radius 2 is 1.87 bits per heavy atom. The van der Waals surface area contributed by atoms with E-state index in [4.69, 9.17) is 0 Å². The number of hydrogen-bond donors (Lipinski definition) is 2. The highest BCUT2D eigenvalue weighted by atomic mass is 16.2. The van der Waals surface area contributed by atoms with Gasteiger partial charge in [-0.3, -0.25) is 9.59 Å². The Labute approximate surface area is 132 Å². The quantitative estimate of drug-likeness (QED) is 0.753. The molecule has 0 aliphatic rings. The van der Waals surface area contributed by atoms with Crippen LogP contribution < -0.4 is 10.6 Å². The second-order valence-corrected chi connectivity index (χ2v) is 4.85. The van der Waals surface area contributed by atoms with Crippen molar-refractivity contribution < 1.29 is 9.59 Å². The van der Waals surface area contributed by atoms with Gasteiger partial charge < -0.3 is 15.0 Å². The summed E-state index contributed by atoms with van der Waals surface area (Å²) in [5.74, 6) is -0.678. The Balaban J connectivity index is 1.73. The number of carbonyl (C=O) groups is 2. The molecule has 3 rings (SSSR count). The Bertz CT molecular complexity index is 872. The third-order valence-corrected chi connectivity index (χ3v) is 3.37. The molecule has 7 heteroatoms. The molecule has 0 radical (unpaired) electrons. The van der Waals surface area contributed by atoms with Crippen LogP contribution in [-0.2, 0) is 6.54 Å². The Morgan fingerprint density at radius 3 is 2.65 bits per heavy atom. The lowest BCUT2D eigenvalue weighted by Crippen LogP contribution is -2.26. The number of fused-ring (bicyclic) bond motifs is 1. The highest BCUT2D eigenvalue weighted by Crippen LogP contribution is 2.06. The molecule has 0 atom stereocenters. The van der Waals surface area contributed by atoms with E-state index < -0.39 is 0 Å². The first-order chi connectivity index (χ1) is 11.2. The van der Waals surface area contributed by atoms with Crippen molar-refractivity contribution in [2.75, 3.05) is 7.05 Å². The third-order valence-electron chi connectivity index (χ3n) is 3.37. The summed E-state index contributed by atoms with van der Waals surface area (Å²) in [7, 11) is 1.52. The van der Waals surface area contributed by atoms with Crippen molar-refractivity contribution in [3.8, 4) is 0 Å². The van der Waals surface area contributed by atoms with Crippen molar-refractivity contribution in [1.82, 2.24) is 25.0 Å². The molecule has 116 valence electrons. The number of pyridine rings is 2. The molecule has 0 saturated carbocycles. The summed E-state index contributed by atoms with van der Waals surface area (Å²) in [6.07, 6.45) is 3.60. The van der Waals surface area contributed by atoms with Gasteiger partial charge in [0.15, 0.2) is 0 Å². The van der Waals surface area contributed by atoms with Crippen LogP contribution in [0.4, 0.5) is 0 Å². The third kappa shape index (κ3) is 3.03. The van der Waals surface area contributed by atoms with Crippen LogP contribution >= 0.6 is 0 Å².